The summed E-state index contributed by atoms with van der Waals surface area (Å²) in [5, 5.41) is 11.1. The van der Waals surface area contributed by atoms with E-state index in [2.05, 4.69) is 29.0 Å². The molecule has 1 aromatic rings. The van der Waals surface area contributed by atoms with Gasteiger partial charge >= 0.3 is 5.69 Å². The van der Waals surface area contributed by atoms with Crippen LogP contribution < -0.4 is 10.6 Å². The Morgan fingerprint density at radius 3 is 2.65 bits per heavy atom. The first-order chi connectivity index (χ1) is 9.49. The molecule has 2 heterocycles. The highest BCUT2D eigenvalue weighted by Crippen LogP contribution is 2.32. The molecule has 0 atom stereocenters. The summed E-state index contributed by atoms with van der Waals surface area (Å²) in [6, 6.07) is 0. The summed E-state index contributed by atoms with van der Waals surface area (Å²) < 4.78 is 0. The summed E-state index contributed by atoms with van der Waals surface area (Å²) >= 11 is 0. The lowest BCUT2D eigenvalue weighted by atomic mass is 9.96. The van der Waals surface area contributed by atoms with Crippen LogP contribution in [0.5, 0.6) is 0 Å². The molecule has 20 heavy (non-hydrogen) atoms. The van der Waals surface area contributed by atoms with Crippen LogP contribution >= 0.6 is 0 Å². The van der Waals surface area contributed by atoms with Gasteiger partial charge in [-0.2, -0.15) is 0 Å². The third kappa shape index (κ3) is 3.13. The second kappa shape index (κ2) is 6.00. The second-order valence-corrected chi connectivity index (χ2v) is 5.38. The molecule has 0 aliphatic carbocycles. The van der Waals surface area contributed by atoms with Gasteiger partial charge < -0.3 is 15.5 Å². The number of hydrogen-bond acceptors (Lipinski definition) is 7. The Morgan fingerprint density at radius 2 is 2.10 bits per heavy atom. The first-order valence-electron chi connectivity index (χ1n) is 6.63. The van der Waals surface area contributed by atoms with Gasteiger partial charge in [-0.25, -0.2) is 9.97 Å². The molecule has 0 spiro atoms. The largest absolute Gasteiger partial charge is 0.378 e. The number of nitrogens with two attached hydrogens (primary N) is 1. The van der Waals surface area contributed by atoms with Crippen LogP contribution in [0.25, 0.3) is 0 Å². The fraction of sp³-hybridized carbons (Fsp3) is 0.667. The Kier molecular flexibility index (Phi) is 4.33. The smallest absolute Gasteiger partial charge is 0.353 e. The second-order valence-electron chi connectivity index (χ2n) is 5.38. The van der Waals surface area contributed by atoms with Gasteiger partial charge in [0, 0.05) is 19.6 Å². The Labute approximate surface area is 117 Å². The number of anilines is 2. The van der Waals surface area contributed by atoms with Crippen LogP contribution in [0, 0.1) is 16.0 Å². The van der Waals surface area contributed by atoms with E-state index in [1.807, 2.05) is 4.90 Å². The normalized spacial score (nSPS) is 16.6. The standard InChI is InChI=1S/C12H20N6O2/c1-16(2)7-9-3-5-17(6-4-9)12-10(18(19)20)11(13)14-8-15-12/h8-9H,3-7H2,1-2H3,(H2,13,14,15). The zero-order valence-corrected chi connectivity index (χ0v) is 11.8. The summed E-state index contributed by atoms with van der Waals surface area (Å²) in [4.78, 5) is 22.5. The number of rotatable bonds is 4. The Morgan fingerprint density at radius 1 is 1.45 bits per heavy atom. The summed E-state index contributed by atoms with van der Waals surface area (Å²) in [7, 11) is 4.12. The molecular formula is C12H20N6O2. The molecule has 2 N–H and O–H groups in total. The van der Waals surface area contributed by atoms with E-state index >= 15 is 0 Å². The monoisotopic (exact) mass is 280 g/mol. The predicted octanol–water partition coefficient (Wildman–Crippen LogP) is 0.745. The van der Waals surface area contributed by atoms with Gasteiger partial charge in [-0.1, -0.05) is 0 Å². The fourth-order valence-electron chi connectivity index (χ4n) is 2.63. The summed E-state index contributed by atoms with van der Waals surface area (Å²) in [5.41, 5.74) is 5.41. The Bertz CT molecular complexity index is 485. The molecular weight excluding hydrogens is 260 g/mol. The fourth-order valence-corrected chi connectivity index (χ4v) is 2.63. The third-order valence-corrected chi connectivity index (χ3v) is 3.55. The van der Waals surface area contributed by atoms with Crippen LogP contribution in [0.2, 0.25) is 0 Å². The third-order valence-electron chi connectivity index (χ3n) is 3.55. The molecule has 110 valence electrons. The summed E-state index contributed by atoms with van der Waals surface area (Å²) in [5.74, 6) is 0.890. The van der Waals surface area contributed by atoms with Crippen LogP contribution in [0.15, 0.2) is 6.33 Å². The van der Waals surface area contributed by atoms with E-state index in [9.17, 15) is 10.1 Å². The molecule has 0 unspecified atom stereocenters. The number of nitrogens with zero attached hydrogens (tertiary/aromatic N) is 5. The molecule has 0 radical (unpaired) electrons. The summed E-state index contributed by atoms with van der Waals surface area (Å²) in [6.07, 6.45) is 3.28. The lowest BCUT2D eigenvalue weighted by Crippen LogP contribution is -2.37. The van der Waals surface area contributed by atoms with Crippen LogP contribution in [-0.4, -0.2) is 53.5 Å². The van der Waals surface area contributed by atoms with Crippen molar-refractivity contribution in [3.8, 4) is 0 Å². The zero-order chi connectivity index (χ0) is 14.7. The van der Waals surface area contributed by atoms with Crippen LogP contribution in [-0.2, 0) is 0 Å². The zero-order valence-electron chi connectivity index (χ0n) is 11.8. The summed E-state index contributed by atoms with van der Waals surface area (Å²) in [6.45, 7) is 2.56. The van der Waals surface area contributed by atoms with Gasteiger partial charge in [-0.15, -0.1) is 0 Å². The molecule has 1 aromatic heterocycles. The molecule has 1 fully saturated rings. The Hall–Kier alpha value is -1.96. The van der Waals surface area contributed by atoms with Gasteiger partial charge in [-0.3, -0.25) is 10.1 Å². The minimum atomic E-state index is -0.503. The minimum absolute atomic E-state index is 0.0737. The molecule has 1 aliphatic rings. The first kappa shape index (κ1) is 14.4. The van der Waals surface area contributed by atoms with Gasteiger partial charge in [0.25, 0.3) is 0 Å². The maximum Gasteiger partial charge on any atom is 0.353 e. The number of nitrogen functional groups attached to an aromatic ring is 1. The first-order valence-corrected chi connectivity index (χ1v) is 6.63. The van der Waals surface area contributed by atoms with Crippen molar-refractivity contribution in [1.82, 2.24) is 14.9 Å². The van der Waals surface area contributed by atoms with Crippen molar-refractivity contribution in [3.05, 3.63) is 16.4 Å². The number of piperidine rings is 1. The molecule has 1 saturated heterocycles. The van der Waals surface area contributed by atoms with Crippen molar-refractivity contribution in [2.24, 2.45) is 5.92 Å². The predicted molar refractivity (Wildman–Crippen MR) is 76.6 cm³/mol. The minimum Gasteiger partial charge on any atom is -0.378 e. The van der Waals surface area contributed by atoms with E-state index in [-0.39, 0.29) is 11.5 Å². The molecule has 0 amide bonds. The van der Waals surface area contributed by atoms with E-state index in [0.717, 1.165) is 32.5 Å². The highest BCUT2D eigenvalue weighted by molar-refractivity contribution is 5.68. The Balaban J connectivity index is 2.11. The highest BCUT2D eigenvalue weighted by atomic mass is 16.6. The van der Waals surface area contributed by atoms with E-state index in [0.29, 0.717) is 11.7 Å². The van der Waals surface area contributed by atoms with Gasteiger partial charge in [0.15, 0.2) is 0 Å². The van der Waals surface area contributed by atoms with Crippen molar-refractivity contribution >= 4 is 17.3 Å². The highest BCUT2D eigenvalue weighted by Gasteiger charge is 2.28. The molecule has 2 rings (SSSR count). The quantitative estimate of drug-likeness (QED) is 0.641. The maximum absolute atomic E-state index is 11.1. The average Bonchev–Trinajstić information content (AvgIpc) is 2.38. The lowest BCUT2D eigenvalue weighted by Gasteiger charge is -2.33. The maximum atomic E-state index is 11.1. The van der Waals surface area contributed by atoms with Gasteiger partial charge in [0.1, 0.15) is 6.33 Å². The average molecular weight is 280 g/mol. The number of hydrogen-bond donors (Lipinski definition) is 1. The molecule has 0 bridgehead atoms. The lowest BCUT2D eigenvalue weighted by molar-refractivity contribution is -0.383. The van der Waals surface area contributed by atoms with E-state index in [1.165, 1.54) is 6.33 Å². The van der Waals surface area contributed by atoms with Crippen molar-refractivity contribution in [3.63, 3.8) is 0 Å². The number of aromatic nitrogens is 2. The van der Waals surface area contributed by atoms with Crippen LogP contribution in [0.1, 0.15) is 12.8 Å². The molecule has 1 aliphatic heterocycles. The molecule has 8 nitrogen and oxygen atoms in total. The van der Waals surface area contributed by atoms with Crippen molar-refractivity contribution in [1.29, 1.82) is 0 Å². The number of nitro groups is 1. The molecule has 0 saturated carbocycles. The van der Waals surface area contributed by atoms with Crippen molar-refractivity contribution in [2.45, 2.75) is 12.8 Å². The SMILES string of the molecule is CN(C)CC1CCN(c2ncnc(N)c2[N+](=O)[O-])CC1. The topological polar surface area (TPSA) is 101 Å². The van der Waals surface area contributed by atoms with Crippen LogP contribution in [0.4, 0.5) is 17.3 Å². The van der Waals surface area contributed by atoms with Gasteiger partial charge in [0.2, 0.25) is 11.6 Å². The van der Waals surface area contributed by atoms with Gasteiger partial charge in [-0.05, 0) is 32.9 Å². The van der Waals surface area contributed by atoms with Crippen molar-refractivity contribution in [2.75, 3.05) is 44.4 Å². The van der Waals surface area contributed by atoms with Crippen LogP contribution in [0.3, 0.4) is 0 Å². The molecule has 0 aromatic carbocycles. The molecule has 8 heteroatoms. The van der Waals surface area contributed by atoms with E-state index < -0.39 is 4.92 Å². The van der Waals surface area contributed by atoms with Crippen molar-refractivity contribution < 1.29 is 4.92 Å². The van der Waals surface area contributed by atoms with E-state index in [1.54, 1.807) is 0 Å². The van der Waals surface area contributed by atoms with E-state index in [4.69, 9.17) is 5.73 Å². The van der Waals surface area contributed by atoms with Gasteiger partial charge in [0.05, 0.1) is 4.92 Å².